The SMILES string of the molecule is CCOc1c(C(C)=C(F)C(=O)O)cc2c(c1Br)C(C)(C)CC=C2C(C)C. The Kier molecular flexibility index (Phi) is 6.01. The first-order valence-electron chi connectivity index (χ1n) is 8.83. The fourth-order valence-electron chi connectivity index (χ4n) is 3.49. The highest BCUT2D eigenvalue weighted by molar-refractivity contribution is 9.10. The Labute approximate surface area is 163 Å². The van der Waals surface area contributed by atoms with E-state index in [4.69, 9.17) is 9.84 Å². The highest BCUT2D eigenvalue weighted by atomic mass is 79.9. The van der Waals surface area contributed by atoms with E-state index in [1.165, 1.54) is 12.5 Å². The lowest BCUT2D eigenvalue weighted by Gasteiger charge is -2.36. The van der Waals surface area contributed by atoms with E-state index < -0.39 is 11.8 Å². The molecule has 0 heterocycles. The van der Waals surface area contributed by atoms with Crippen molar-refractivity contribution >= 4 is 33.0 Å². The lowest BCUT2D eigenvalue weighted by Crippen LogP contribution is -2.24. The van der Waals surface area contributed by atoms with Gasteiger partial charge in [0, 0.05) is 11.1 Å². The molecule has 0 aromatic heterocycles. The molecule has 0 saturated carbocycles. The Morgan fingerprint density at radius 2 is 2.04 bits per heavy atom. The number of benzene rings is 1. The number of halogens is 2. The lowest BCUT2D eigenvalue weighted by atomic mass is 9.70. The van der Waals surface area contributed by atoms with E-state index in [1.54, 1.807) is 0 Å². The Morgan fingerprint density at radius 1 is 1.42 bits per heavy atom. The number of carbonyl (C=O) groups is 1. The van der Waals surface area contributed by atoms with Crippen molar-refractivity contribution in [3.8, 4) is 5.75 Å². The van der Waals surface area contributed by atoms with E-state index in [2.05, 4.69) is 49.7 Å². The molecule has 0 amide bonds. The molecule has 2 rings (SSSR count). The summed E-state index contributed by atoms with van der Waals surface area (Å²) in [5.41, 5.74) is 3.77. The van der Waals surface area contributed by atoms with Crippen molar-refractivity contribution in [3.63, 3.8) is 0 Å². The zero-order valence-corrected chi connectivity index (χ0v) is 17.8. The molecular formula is C21H26BrFO3. The van der Waals surface area contributed by atoms with Gasteiger partial charge in [-0.2, -0.15) is 4.39 Å². The maximum atomic E-state index is 14.2. The van der Waals surface area contributed by atoms with Gasteiger partial charge in [0.05, 0.1) is 11.1 Å². The van der Waals surface area contributed by atoms with Crippen LogP contribution in [0.3, 0.4) is 0 Å². The average Bonchev–Trinajstić information content (AvgIpc) is 2.54. The van der Waals surface area contributed by atoms with Crippen LogP contribution in [0.2, 0.25) is 0 Å². The second-order valence-corrected chi connectivity index (χ2v) is 8.36. The first kappa shape index (κ1) is 20.7. The monoisotopic (exact) mass is 424 g/mol. The largest absolute Gasteiger partial charge is 0.492 e. The summed E-state index contributed by atoms with van der Waals surface area (Å²) in [5, 5.41) is 9.07. The van der Waals surface area contributed by atoms with Crippen LogP contribution >= 0.6 is 15.9 Å². The molecule has 1 aromatic rings. The maximum Gasteiger partial charge on any atom is 0.365 e. The molecule has 1 aliphatic carbocycles. The Hall–Kier alpha value is -1.62. The van der Waals surface area contributed by atoms with Gasteiger partial charge in [-0.05, 0) is 70.3 Å². The summed E-state index contributed by atoms with van der Waals surface area (Å²) < 4.78 is 20.8. The van der Waals surface area contributed by atoms with Crippen molar-refractivity contribution in [2.75, 3.05) is 6.61 Å². The zero-order chi connectivity index (χ0) is 19.8. The molecular weight excluding hydrogens is 399 g/mol. The van der Waals surface area contributed by atoms with E-state index in [-0.39, 0.29) is 11.0 Å². The van der Waals surface area contributed by atoms with Gasteiger partial charge in [0.2, 0.25) is 5.83 Å². The van der Waals surface area contributed by atoms with Gasteiger partial charge in [-0.1, -0.05) is 33.8 Å². The van der Waals surface area contributed by atoms with Crippen molar-refractivity contribution in [1.29, 1.82) is 0 Å². The van der Waals surface area contributed by atoms with Crippen LogP contribution in [0.4, 0.5) is 4.39 Å². The Balaban J connectivity index is 2.91. The first-order chi connectivity index (χ1) is 12.0. The number of rotatable bonds is 5. The first-order valence-corrected chi connectivity index (χ1v) is 9.62. The fourth-order valence-corrected chi connectivity index (χ4v) is 4.57. The van der Waals surface area contributed by atoms with E-state index in [9.17, 15) is 9.18 Å². The molecule has 0 atom stereocenters. The van der Waals surface area contributed by atoms with Crippen molar-refractivity contribution in [2.24, 2.45) is 5.92 Å². The van der Waals surface area contributed by atoms with Crippen LogP contribution in [0.25, 0.3) is 11.1 Å². The van der Waals surface area contributed by atoms with Crippen molar-refractivity contribution < 1.29 is 19.0 Å². The molecule has 5 heteroatoms. The van der Waals surface area contributed by atoms with Crippen LogP contribution in [0.1, 0.15) is 64.7 Å². The van der Waals surface area contributed by atoms with Crippen molar-refractivity contribution in [3.05, 3.63) is 39.1 Å². The smallest absolute Gasteiger partial charge is 0.365 e. The highest BCUT2D eigenvalue weighted by Crippen LogP contribution is 2.50. The summed E-state index contributed by atoms with van der Waals surface area (Å²) in [6, 6.07) is 1.88. The normalized spacial score (nSPS) is 16.7. The van der Waals surface area contributed by atoms with Gasteiger partial charge in [-0.3, -0.25) is 0 Å². The molecule has 0 bridgehead atoms. The van der Waals surface area contributed by atoms with Crippen molar-refractivity contribution in [1.82, 2.24) is 0 Å². The average molecular weight is 425 g/mol. The quantitative estimate of drug-likeness (QED) is 0.559. The molecule has 142 valence electrons. The lowest BCUT2D eigenvalue weighted by molar-refractivity contribution is -0.134. The highest BCUT2D eigenvalue weighted by Gasteiger charge is 2.34. The number of ether oxygens (including phenoxy) is 1. The predicted molar refractivity (Wildman–Crippen MR) is 107 cm³/mol. The third kappa shape index (κ3) is 3.59. The molecule has 1 aromatic carbocycles. The third-order valence-corrected chi connectivity index (χ3v) is 5.63. The van der Waals surface area contributed by atoms with Crippen LogP contribution in [0.15, 0.2) is 22.4 Å². The van der Waals surface area contributed by atoms with E-state index >= 15 is 0 Å². The van der Waals surface area contributed by atoms with Gasteiger partial charge in [0.25, 0.3) is 0 Å². The topological polar surface area (TPSA) is 46.5 Å². The summed E-state index contributed by atoms with van der Waals surface area (Å²) in [5.74, 6) is -1.93. The van der Waals surface area contributed by atoms with Crippen LogP contribution in [0.5, 0.6) is 5.75 Å². The summed E-state index contributed by atoms with van der Waals surface area (Å²) in [7, 11) is 0. The van der Waals surface area contributed by atoms with Crippen LogP contribution < -0.4 is 4.74 Å². The second-order valence-electron chi connectivity index (χ2n) is 7.57. The van der Waals surface area contributed by atoms with Crippen LogP contribution in [-0.4, -0.2) is 17.7 Å². The predicted octanol–water partition coefficient (Wildman–Crippen LogP) is 6.35. The summed E-state index contributed by atoms with van der Waals surface area (Å²) in [6.45, 7) is 12.3. The number of carboxylic acid groups (broad SMARTS) is 1. The molecule has 0 radical (unpaired) electrons. The minimum atomic E-state index is -1.57. The number of aliphatic carboxylic acids is 1. The van der Waals surface area contributed by atoms with Gasteiger partial charge in [-0.25, -0.2) is 4.79 Å². The molecule has 0 saturated heterocycles. The third-order valence-electron chi connectivity index (χ3n) is 4.87. The summed E-state index contributed by atoms with van der Waals surface area (Å²) in [4.78, 5) is 11.1. The fraction of sp³-hybridized carbons (Fsp3) is 0.476. The van der Waals surface area contributed by atoms with Gasteiger partial charge in [0.15, 0.2) is 0 Å². The molecule has 0 fully saturated rings. The zero-order valence-electron chi connectivity index (χ0n) is 16.2. The standard InChI is InChI=1S/C21H26BrFO3/c1-7-26-19-14(12(4)18(23)20(24)25)10-15-13(11(2)3)8-9-21(5,6)16(15)17(19)22/h8,10-11H,7,9H2,1-6H3,(H,24,25). The number of carboxylic acids is 1. The molecule has 0 spiro atoms. The number of fused-ring (bicyclic) bond motifs is 1. The van der Waals surface area contributed by atoms with E-state index in [0.29, 0.717) is 23.8 Å². The molecule has 0 aliphatic heterocycles. The molecule has 26 heavy (non-hydrogen) atoms. The van der Waals surface area contributed by atoms with Crippen LogP contribution in [-0.2, 0) is 10.2 Å². The number of allylic oxidation sites excluding steroid dienone is 3. The Morgan fingerprint density at radius 3 is 2.54 bits per heavy atom. The minimum absolute atomic E-state index is 0.0657. The van der Waals surface area contributed by atoms with E-state index in [0.717, 1.165) is 22.0 Å². The number of hydrogen-bond acceptors (Lipinski definition) is 2. The molecule has 1 N–H and O–H groups in total. The number of hydrogen-bond donors (Lipinski definition) is 1. The van der Waals surface area contributed by atoms with E-state index in [1.807, 2.05) is 13.0 Å². The molecule has 0 unspecified atom stereocenters. The van der Waals surface area contributed by atoms with Gasteiger partial charge in [0.1, 0.15) is 5.75 Å². The molecule has 1 aliphatic rings. The minimum Gasteiger partial charge on any atom is -0.492 e. The second kappa shape index (κ2) is 7.55. The van der Waals surface area contributed by atoms with Gasteiger partial charge >= 0.3 is 5.97 Å². The van der Waals surface area contributed by atoms with Crippen LogP contribution in [0, 0.1) is 5.92 Å². The summed E-state index contributed by atoms with van der Waals surface area (Å²) >= 11 is 3.68. The van der Waals surface area contributed by atoms with Crippen molar-refractivity contribution in [2.45, 2.75) is 53.4 Å². The Bertz CT molecular complexity index is 804. The summed E-state index contributed by atoms with van der Waals surface area (Å²) in [6.07, 6.45) is 3.13. The maximum absolute atomic E-state index is 14.2. The van der Waals surface area contributed by atoms with Gasteiger partial charge < -0.3 is 9.84 Å². The molecule has 3 nitrogen and oxygen atoms in total. The van der Waals surface area contributed by atoms with Gasteiger partial charge in [-0.15, -0.1) is 0 Å².